The fourth-order valence-electron chi connectivity index (χ4n) is 4.03. The fourth-order valence-corrected chi connectivity index (χ4v) is 4.03. The van der Waals surface area contributed by atoms with Crippen molar-refractivity contribution in [2.45, 2.75) is 65.3 Å². The number of aliphatic hydroxyl groups excluding tert-OH is 1. The van der Waals surface area contributed by atoms with Gasteiger partial charge in [0, 0.05) is 24.6 Å². The lowest BCUT2D eigenvalue weighted by atomic mass is 9.86. The van der Waals surface area contributed by atoms with Crippen LogP contribution in [-0.2, 0) is 0 Å². The van der Waals surface area contributed by atoms with Crippen molar-refractivity contribution < 1.29 is 5.11 Å². The van der Waals surface area contributed by atoms with Crippen molar-refractivity contribution in [1.82, 2.24) is 5.32 Å². The first-order valence-corrected chi connectivity index (χ1v) is 7.31. The molecule has 0 aromatic rings. The predicted octanol–water partition coefficient (Wildman–Crippen LogP) is 2.95. The first-order chi connectivity index (χ1) is 7.96. The maximum absolute atomic E-state index is 9.62. The number of hydrogen-bond donors (Lipinski definition) is 2. The molecule has 2 heteroatoms. The van der Waals surface area contributed by atoms with Gasteiger partial charge in [0.2, 0.25) is 0 Å². The van der Waals surface area contributed by atoms with E-state index in [0.29, 0.717) is 18.1 Å². The summed E-state index contributed by atoms with van der Waals surface area (Å²) in [7, 11) is 0. The largest absolute Gasteiger partial charge is 0.396 e. The van der Waals surface area contributed by atoms with Gasteiger partial charge in [-0.05, 0) is 37.0 Å². The molecule has 0 aromatic carbocycles. The molecule has 2 N–H and O–H groups in total. The molecule has 2 saturated carbocycles. The van der Waals surface area contributed by atoms with E-state index in [-0.39, 0.29) is 5.41 Å². The van der Waals surface area contributed by atoms with Crippen LogP contribution in [0.5, 0.6) is 0 Å². The van der Waals surface area contributed by atoms with E-state index in [1.165, 1.54) is 38.5 Å². The molecule has 2 rings (SSSR count). The molecule has 0 radical (unpaired) electrons. The molecular formula is C15H29NO. The van der Waals surface area contributed by atoms with Gasteiger partial charge in [-0.25, -0.2) is 0 Å². The lowest BCUT2D eigenvalue weighted by Gasteiger charge is -2.30. The van der Waals surface area contributed by atoms with Gasteiger partial charge in [0.25, 0.3) is 0 Å². The summed E-state index contributed by atoms with van der Waals surface area (Å²) < 4.78 is 0. The summed E-state index contributed by atoms with van der Waals surface area (Å²) in [6.07, 6.45) is 7.64. The van der Waals surface area contributed by atoms with Crippen molar-refractivity contribution in [1.29, 1.82) is 0 Å². The average Bonchev–Trinajstić information content (AvgIpc) is 2.81. The highest BCUT2D eigenvalue weighted by atomic mass is 16.3. The summed E-state index contributed by atoms with van der Waals surface area (Å²) in [5.41, 5.74) is 0.700. The normalized spacial score (nSPS) is 35.3. The van der Waals surface area contributed by atoms with Crippen LogP contribution in [0.3, 0.4) is 0 Å². The molecule has 100 valence electrons. The topological polar surface area (TPSA) is 32.3 Å². The quantitative estimate of drug-likeness (QED) is 0.790. The molecule has 0 bridgehead atoms. The molecule has 0 saturated heterocycles. The van der Waals surface area contributed by atoms with E-state index in [2.05, 4.69) is 26.1 Å². The Morgan fingerprint density at radius 2 is 1.82 bits per heavy atom. The Hall–Kier alpha value is -0.0800. The second kappa shape index (κ2) is 4.89. The van der Waals surface area contributed by atoms with Gasteiger partial charge in [0.05, 0.1) is 0 Å². The van der Waals surface area contributed by atoms with Crippen molar-refractivity contribution in [3.8, 4) is 0 Å². The van der Waals surface area contributed by atoms with Gasteiger partial charge in [-0.3, -0.25) is 0 Å². The molecular weight excluding hydrogens is 210 g/mol. The van der Waals surface area contributed by atoms with Crippen LogP contribution in [0.4, 0.5) is 0 Å². The van der Waals surface area contributed by atoms with Gasteiger partial charge >= 0.3 is 0 Å². The number of aliphatic hydroxyl groups is 1. The molecule has 2 unspecified atom stereocenters. The van der Waals surface area contributed by atoms with Crippen LogP contribution < -0.4 is 5.32 Å². The summed E-state index contributed by atoms with van der Waals surface area (Å²) in [6.45, 7) is 8.51. The van der Waals surface area contributed by atoms with Crippen LogP contribution in [0.1, 0.15) is 59.3 Å². The number of nitrogens with one attached hydrogen (secondary N) is 1. The van der Waals surface area contributed by atoms with Crippen LogP contribution in [0.25, 0.3) is 0 Å². The van der Waals surface area contributed by atoms with Crippen LogP contribution in [0.15, 0.2) is 0 Å². The Morgan fingerprint density at radius 1 is 1.18 bits per heavy atom. The summed E-state index contributed by atoms with van der Waals surface area (Å²) in [5, 5.41) is 13.4. The highest BCUT2D eigenvalue weighted by Crippen LogP contribution is 2.42. The van der Waals surface area contributed by atoms with Gasteiger partial charge in [-0.1, -0.05) is 33.6 Å². The Labute approximate surface area is 106 Å². The fraction of sp³-hybridized carbons (Fsp3) is 1.00. The van der Waals surface area contributed by atoms with Crippen LogP contribution in [0.2, 0.25) is 0 Å². The van der Waals surface area contributed by atoms with Crippen LogP contribution in [0, 0.1) is 16.7 Å². The number of hydrogen-bond acceptors (Lipinski definition) is 2. The van der Waals surface area contributed by atoms with Crippen molar-refractivity contribution in [3.05, 3.63) is 0 Å². The number of rotatable bonds is 4. The zero-order valence-corrected chi connectivity index (χ0v) is 11.8. The minimum atomic E-state index is 0.201. The zero-order valence-electron chi connectivity index (χ0n) is 11.8. The molecule has 2 nitrogen and oxygen atoms in total. The average molecular weight is 239 g/mol. The van der Waals surface area contributed by atoms with Crippen molar-refractivity contribution in [2.24, 2.45) is 16.7 Å². The van der Waals surface area contributed by atoms with Crippen molar-refractivity contribution in [2.75, 3.05) is 13.2 Å². The maximum Gasteiger partial charge on any atom is 0.0499 e. The second-order valence-corrected chi connectivity index (χ2v) is 7.40. The smallest absolute Gasteiger partial charge is 0.0499 e. The third kappa shape index (κ3) is 3.03. The summed E-state index contributed by atoms with van der Waals surface area (Å²) in [5.74, 6) is 0.780. The first kappa shape index (κ1) is 13.4. The third-order valence-corrected chi connectivity index (χ3v) is 5.07. The maximum atomic E-state index is 9.62. The Bertz CT molecular complexity index is 256. The molecule has 0 spiro atoms. The van der Waals surface area contributed by atoms with Gasteiger partial charge in [-0.15, -0.1) is 0 Å². The van der Waals surface area contributed by atoms with Crippen molar-refractivity contribution in [3.63, 3.8) is 0 Å². The Balaban J connectivity index is 1.86. The molecule has 2 aliphatic rings. The van der Waals surface area contributed by atoms with E-state index >= 15 is 0 Å². The molecule has 0 aliphatic heterocycles. The predicted molar refractivity (Wildman–Crippen MR) is 72.0 cm³/mol. The van der Waals surface area contributed by atoms with E-state index < -0.39 is 0 Å². The molecule has 0 aromatic heterocycles. The van der Waals surface area contributed by atoms with Gasteiger partial charge in [0.1, 0.15) is 0 Å². The molecule has 2 atom stereocenters. The highest BCUT2D eigenvalue weighted by molar-refractivity contribution is 4.94. The Morgan fingerprint density at radius 3 is 2.29 bits per heavy atom. The molecule has 0 amide bonds. The second-order valence-electron chi connectivity index (χ2n) is 7.40. The minimum Gasteiger partial charge on any atom is -0.396 e. The van der Waals surface area contributed by atoms with E-state index in [1.54, 1.807) is 0 Å². The van der Waals surface area contributed by atoms with E-state index in [9.17, 15) is 5.11 Å². The Kier molecular flexibility index (Phi) is 3.84. The van der Waals surface area contributed by atoms with Gasteiger partial charge in [0.15, 0.2) is 0 Å². The zero-order chi connectivity index (χ0) is 12.5. The van der Waals surface area contributed by atoms with Crippen molar-refractivity contribution >= 4 is 0 Å². The van der Waals surface area contributed by atoms with Gasteiger partial charge in [-0.2, -0.15) is 0 Å². The standard InChI is InChI=1S/C15H29NO/c1-12-8-14(2,3)9-13(12)16-10-15(11-17)6-4-5-7-15/h12-13,16-17H,4-11H2,1-3H3. The van der Waals surface area contributed by atoms with E-state index in [1.807, 2.05) is 0 Å². The molecule has 2 fully saturated rings. The lowest BCUT2D eigenvalue weighted by Crippen LogP contribution is -2.41. The monoisotopic (exact) mass is 239 g/mol. The molecule has 0 heterocycles. The molecule has 17 heavy (non-hydrogen) atoms. The van der Waals surface area contributed by atoms with E-state index in [0.717, 1.165) is 12.5 Å². The SMILES string of the molecule is CC1CC(C)(C)CC1NCC1(CO)CCCC1. The summed E-state index contributed by atoms with van der Waals surface area (Å²) in [6, 6.07) is 0.661. The molecule has 2 aliphatic carbocycles. The van der Waals surface area contributed by atoms with Gasteiger partial charge < -0.3 is 10.4 Å². The van der Waals surface area contributed by atoms with Crippen LogP contribution in [-0.4, -0.2) is 24.3 Å². The first-order valence-electron chi connectivity index (χ1n) is 7.31. The van der Waals surface area contributed by atoms with Crippen LogP contribution >= 0.6 is 0 Å². The third-order valence-electron chi connectivity index (χ3n) is 5.07. The minimum absolute atomic E-state index is 0.201. The summed E-state index contributed by atoms with van der Waals surface area (Å²) >= 11 is 0. The van der Waals surface area contributed by atoms with E-state index in [4.69, 9.17) is 0 Å². The highest BCUT2D eigenvalue weighted by Gasteiger charge is 2.39. The summed E-state index contributed by atoms with van der Waals surface area (Å²) in [4.78, 5) is 0. The lowest BCUT2D eigenvalue weighted by molar-refractivity contribution is 0.122.